The van der Waals surface area contributed by atoms with E-state index < -0.39 is 11.7 Å². The van der Waals surface area contributed by atoms with Crippen molar-refractivity contribution >= 4 is 17.4 Å². The molecule has 2 fully saturated rings. The highest BCUT2D eigenvalue weighted by molar-refractivity contribution is 6.30. The maximum Gasteiger partial charge on any atom is 0.406 e. The summed E-state index contributed by atoms with van der Waals surface area (Å²) in [7, 11) is 0. The zero-order valence-corrected chi connectivity index (χ0v) is 21.1. The molecule has 1 spiro atoms. The molecule has 11 heteroatoms. The second kappa shape index (κ2) is 7.89. The van der Waals surface area contributed by atoms with Crippen LogP contribution in [0.1, 0.15) is 55.5 Å². The van der Waals surface area contributed by atoms with Gasteiger partial charge in [-0.05, 0) is 57.4 Å². The normalized spacial score (nSPS) is 19.9. The molecule has 36 heavy (non-hydrogen) atoms. The standard InChI is InChI=1S/C25H27ClF3N7/c1-15-9-30-10-20(31-15)34-13-24(14-34)7-17(8-24)22-33-32-21-12-35(23(2,3)25(27,28)29)11-16-6-18(26)4-5-19(16)36(21)22/h4-6,9-10,17H,7-8,11-14H2,1-3H3. The van der Waals surface area contributed by atoms with Crippen LogP contribution in [0.15, 0.2) is 30.6 Å². The van der Waals surface area contributed by atoms with Gasteiger partial charge in [0.1, 0.15) is 17.2 Å². The van der Waals surface area contributed by atoms with E-state index in [1.165, 1.54) is 18.7 Å². The van der Waals surface area contributed by atoms with E-state index in [9.17, 15) is 13.2 Å². The van der Waals surface area contributed by atoms with Gasteiger partial charge in [-0.25, -0.2) is 4.98 Å². The van der Waals surface area contributed by atoms with Gasteiger partial charge in [0, 0.05) is 42.2 Å². The second-order valence-electron chi connectivity index (χ2n) is 11.0. The molecule has 0 bridgehead atoms. The van der Waals surface area contributed by atoms with Gasteiger partial charge in [-0.2, -0.15) is 13.2 Å². The summed E-state index contributed by atoms with van der Waals surface area (Å²) in [6.45, 7) is 6.35. The van der Waals surface area contributed by atoms with Gasteiger partial charge >= 0.3 is 6.18 Å². The minimum absolute atomic E-state index is 0.0451. The fraction of sp³-hybridized carbons (Fsp3) is 0.520. The molecule has 0 amide bonds. The summed E-state index contributed by atoms with van der Waals surface area (Å²) < 4.78 is 43.9. The highest BCUT2D eigenvalue weighted by atomic mass is 35.5. The van der Waals surface area contributed by atoms with Gasteiger partial charge in [-0.1, -0.05) is 11.6 Å². The molecule has 2 aliphatic heterocycles. The highest BCUT2D eigenvalue weighted by Gasteiger charge is 2.55. The summed E-state index contributed by atoms with van der Waals surface area (Å²) in [4.78, 5) is 12.5. The van der Waals surface area contributed by atoms with Crippen LogP contribution in [0.2, 0.25) is 5.02 Å². The number of aryl methyl sites for hydroxylation is 1. The first-order valence-electron chi connectivity index (χ1n) is 12.0. The molecule has 1 saturated carbocycles. The minimum Gasteiger partial charge on any atom is -0.354 e. The Labute approximate surface area is 212 Å². The molecule has 1 saturated heterocycles. The van der Waals surface area contributed by atoms with Crippen LogP contribution in [-0.2, 0) is 13.1 Å². The molecule has 0 unspecified atom stereocenters. The molecule has 6 rings (SSSR count). The molecule has 0 N–H and O–H groups in total. The van der Waals surface area contributed by atoms with E-state index in [1.807, 2.05) is 17.6 Å². The van der Waals surface area contributed by atoms with Crippen molar-refractivity contribution in [2.24, 2.45) is 5.41 Å². The van der Waals surface area contributed by atoms with Gasteiger partial charge in [0.25, 0.3) is 0 Å². The fourth-order valence-corrected chi connectivity index (χ4v) is 6.01. The van der Waals surface area contributed by atoms with Crippen LogP contribution in [0, 0.1) is 12.3 Å². The maximum atomic E-state index is 14.0. The van der Waals surface area contributed by atoms with E-state index in [-0.39, 0.29) is 24.4 Å². The van der Waals surface area contributed by atoms with Gasteiger partial charge in [-0.15, -0.1) is 10.2 Å². The molecule has 7 nitrogen and oxygen atoms in total. The largest absolute Gasteiger partial charge is 0.406 e. The van der Waals surface area contributed by atoms with Crippen molar-refractivity contribution in [3.05, 3.63) is 58.5 Å². The molecular weight excluding hydrogens is 491 g/mol. The lowest BCUT2D eigenvalue weighted by Crippen LogP contribution is -2.62. The summed E-state index contributed by atoms with van der Waals surface area (Å²) in [5.41, 5.74) is 0.609. The lowest BCUT2D eigenvalue weighted by molar-refractivity contribution is -0.224. The molecule has 3 aromatic rings. The van der Waals surface area contributed by atoms with Crippen LogP contribution in [-0.4, -0.2) is 54.4 Å². The Morgan fingerprint density at radius 1 is 1.06 bits per heavy atom. The van der Waals surface area contributed by atoms with Gasteiger partial charge in [0.15, 0.2) is 5.82 Å². The van der Waals surface area contributed by atoms with E-state index in [0.29, 0.717) is 10.8 Å². The first kappa shape index (κ1) is 23.7. The lowest BCUT2D eigenvalue weighted by Gasteiger charge is -2.59. The SMILES string of the molecule is Cc1cncc(N2CC3(CC(c4nnc5n4-c4ccc(Cl)cc4CN(C(C)(C)C(F)(F)F)C5)C3)C2)n1. The number of hydrogen-bond donors (Lipinski definition) is 0. The Kier molecular flexibility index (Phi) is 5.18. The zero-order chi connectivity index (χ0) is 25.5. The Balaban J connectivity index is 1.27. The van der Waals surface area contributed by atoms with E-state index in [0.717, 1.165) is 54.5 Å². The van der Waals surface area contributed by atoms with Crippen LogP contribution < -0.4 is 4.90 Å². The molecule has 1 aliphatic carbocycles. The minimum atomic E-state index is -4.40. The summed E-state index contributed by atoms with van der Waals surface area (Å²) in [6, 6.07) is 5.39. The third kappa shape index (κ3) is 3.68. The number of fused-ring (bicyclic) bond motifs is 3. The van der Waals surface area contributed by atoms with Gasteiger partial charge in [0.2, 0.25) is 0 Å². The topological polar surface area (TPSA) is 63.0 Å². The summed E-state index contributed by atoms with van der Waals surface area (Å²) in [5.74, 6) is 2.44. The van der Waals surface area contributed by atoms with Crippen LogP contribution in [0.3, 0.4) is 0 Å². The molecule has 2 aromatic heterocycles. The third-order valence-corrected chi connectivity index (χ3v) is 8.29. The van der Waals surface area contributed by atoms with Crippen molar-refractivity contribution in [1.82, 2.24) is 29.6 Å². The van der Waals surface area contributed by atoms with Gasteiger partial charge in [-0.3, -0.25) is 14.5 Å². The van der Waals surface area contributed by atoms with Crippen molar-refractivity contribution in [3.8, 4) is 5.69 Å². The summed E-state index contributed by atoms with van der Waals surface area (Å²) in [5, 5.41) is 9.40. The smallest absolute Gasteiger partial charge is 0.354 e. The lowest BCUT2D eigenvalue weighted by atomic mass is 9.57. The van der Waals surface area contributed by atoms with Crippen LogP contribution in [0.25, 0.3) is 5.69 Å². The van der Waals surface area contributed by atoms with Crippen molar-refractivity contribution in [2.45, 2.75) is 64.3 Å². The van der Waals surface area contributed by atoms with E-state index in [2.05, 4.69) is 25.1 Å². The number of rotatable bonds is 3. The predicted molar refractivity (Wildman–Crippen MR) is 129 cm³/mol. The quantitative estimate of drug-likeness (QED) is 0.484. The number of benzene rings is 1. The van der Waals surface area contributed by atoms with Crippen molar-refractivity contribution < 1.29 is 13.2 Å². The Morgan fingerprint density at radius 2 is 1.81 bits per heavy atom. The number of halogens is 4. The van der Waals surface area contributed by atoms with Crippen LogP contribution >= 0.6 is 11.6 Å². The van der Waals surface area contributed by atoms with Gasteiger partial charge < -0.3 is 4.90 Å². The Hall–Kier alpha value is -2.72. The van der Waals surface area contributed by atoms with Crippen molar-refractivity contribution in [3.63, 3.8) is 0 Å². The van der Waals surface area contributed by atoms with Crippen LogP contribution in [0.5, 0.6) is 0 Å². The molecule has 0 radical (unpaired) electrons. The monoisotopic (exact) mass is 517 g/mol. The van der Waals surface area contributed by atoms with Crippen molar-refractivity contribution in [2.75, 3.05) is 18.0 Å². The average Bonchev–Trinajstić information content (AvgIpc) is 3.06. The summed E-state index contributed by atoms with van der Waals surface area (Å²) in [6.07, 6.45) is 1.06. The predicted octanol–water partition coefficient (Wildman–Crippen LogP) is 5.06. The summed E-state index contributed by atoms with van der Waals surface area (Å²) >= 11 is 6.27. The first-order valence-corrected chi connectivity index (χ1v) is 12.4. The molecule has 3 aliphatic rings. The van der Waals surface area contributed by atoms with E-state index >= 15 is 0 Å². The third-order valence-electron chi connectivity index (χ3n) is 8.06. The zero-order valence-electron chi connectivity index (χ0n) is 20.3. The molecule has 4 heterocycles. The number of aromatic nitrogens is 5. The highest BCUT2D eigenvalue weighted by Crippen LogP contribution is 2.56. The number of anilines is 1. The Morgan fingerprint density at radius 3 is 2.50 bits per heavy atom. The Bertz CT molecular complexity index is 1320. The van der Waals surface area contributed by atoms with Crippen molar-refractivity contribution in [1.29, 1.82) is 0 Å². The molecule has 190 valence electrons. The van der Waals surface area contributed by atoms with E-state index in [1.54, 1.807) is 24.5 Å². The second-order valence-corrected chi connectivity index (χ2v) is 11.4. The maximum absolute atomic E-state index is 14.0. The number of alkyl halides is 3. The first-order chi connectivity index (χ1) is 17.0. The average molecular weight is 518 g/mol. The number of hydrogen-bond acceptors (Lipinski definition) is 6. The fourth-order valence-electron chi connectivity index (χ4n) is 5.82. The molecule has 1 aromatic carbocycles. The van der Waals surface area contributed by atoms with Gasteiger partial charge in [0.05, 0.1) is 24.1 Å². The number of nitrogens with zero attached hydrogens (tertiary/aromatic N) is 7. The molecule has 0 atom stereocenters. The van der Waals surface area contributed by atoms with Crippen LogP contribution in [0.4, 0.5) is 19.0 Å². The molecular formula is C25H27ClF3N7. The van der Waals surface area contributed by atoms with E-state index in [4.69, 9.17) is 11.6 Å².